The molecule has 1 spiro atoms. The standard InChI is InChI=1S/C40H69NO7/c1-25-22-27(33(42)37(6,7)44)47-32-31(25)38(8,36(4,5)34(32)43)16-17-39-14-9-10-28-35(2,3)29(11-15-40(28,39)24-39)48-30-23-41(18-21-46-30)26-12-19-45-20-13-26/h25-34,42-44H,9-24H2,1-8H3. The summed E-state index contributed by atoms with van der Waals surface area (Å²) in [7, 11) is 0. The molecule has 12 atom stereocenters. The fourth-order valence-electron chi connectivity index (χ4n) is 13.2. The number of nitrogens with zero attached hydrogens (tertiary/aromatic N) is 1. The van der Waals surface area contributed by atoms with Crippen LogP contribution < -0.4 is 0 Å². The summed E-state index contributed by atoms with van der Waals surface area (Å²) in [6, 6.07) is 0.591. The van der Waals surface area contributed by atoms with Gasteiger partial charge in [-0.3, -0.25) is 4.90 Å². The molecule has 4 aliphatic carbocycles. The first kappa shape index (κ1) is 36.1. The number of rotatable bonds is 8. The van der Waals surface area contributed by atoms with Crippen molar-refractivity contribution in [2.24, 2.45) is 44.8 Å². The molecule has 3 heterocycles. The van der Waals surface area contributed by atoms with Crippen LogP contribution >= 0.6 is 0 Å². The largest absolute Gasteiger partial charge is 0.390 e. The lowest BCUT2D eigenvalue weighted by molar-refractivity contribution is -0.246. The van der Waals surface area contributed by atoms with Crippen molar-refractivity contribution in [3.05, 3.63) is 0 Å². The van der Waals surface area contributed by atoms with Gasteiger partial charge in [0, 0.05) is 32.3 Å². The molecular formula is C40H69NO7. The highest BCUT2D eigenvalue weighted by Gasteiger charge is 2.75. The monoisotopic (exact) mass is 676 g/mol. The lowest BCUT2D eigenvalue weighted by Crippen LogP contribution is -2.55. The molecule has 7 aliphatic rings. The van der Waals surface area contributed by atoms with Crippen LogP contribution in [0.4, 0.5) is 0 Å². The van der Waals surface area contributed by atoms with E-state index in [-0.39, 0.29) is 46.6 Å². The number of aliphatic hydroxyl groups excluding tert-OH is 2. The van der Waals surface area contributed by atoms with Crippen molar-refractivity contribution in [3.63, 3.8) is 0 Å². The summed E-state index contributed by atoms with van der Waals surface area (Å²) in [5, 5.41) is 33.4. The molecule has 8 nitrogen and oxygen atoms in total. The zero-order chi connectivity index (χ0) is 34.5. The fourth-order valence-corrected chi connectivity index (χ4v) is 13.2. The Morgan fingerprint density at radius 3 is 2.42 bits per heavy atom. The summed E-state index contributed by atoms with van der Waals surface area (Å²) in [6.45, 7) is 21.9. The summed E-state index contributed by atoms with van der Waals surface area (Å²) in [6.07, 6.45) is 10.6. The van der Waals surface area contributed by atoms with Gasteiger partial charge in [-0.15, -0.1) is 0 Å². The van der Waals surface area contributed by atoms with Crippen LogP contribution in [-0.4, -0.2) is 102 Å². The molecule has 48 heavy (non-hydrogen) atoms. The van der Waals surface area contributed by atoms with Gasteiger partial charge in [0.2, 0.25) is 0 Å². The molecule has 0 aromatic rings. The molecule has 3 saturated heterocycles. The molecule has 0 radical (unpaired) electrons. The Labute approximate surface area is 291 Å². The number of fused-ring (bicyclic) bond motifs is 1. The minimum atomic E-state index is -1.25. The Balaban J connectivity index is 1.03. The van der Waals surface area contributed by atoms with Crippen LogP contribution in [0.1, 0.15) is 126 Å². The number of aliphatic hydroxyl groups is 3. The Bertz CT molecular complexity index is 1160. The fraction of sp³-hybridized carbons (Fsp3) is 1.00. The van der Waals surface area contributed by atoms with Gasteiger partial charge in [0.05, 0.1) is 36.6 Å². The van der Waals surface area contributed by atoms with Crippen LogP contribution in [-0.2, 0) is 18.9 Å². The molecule has 7 rings (SSSR count). The predicted molar refractivity (Wildman–Crippen MR) is 185 cm³/mol. The summed E-state index contributed by atoms with van der Waals surface area (Å²) < 4.78 is 25.4. The van der Waals surface area contributed by atoms with Crippen LogP contribution in [0.3, 0.4) is 0 Å². The Morgan fingerprint density at radius 1 is 0.979 bits per heavy atom. The van der Waals surface area contributed by atoms with Crippen LogP contribution in [0.15, 0.2) is 0 Å². The van der Waals surface area contributed by atoms with Crippen molar-refractivity contribution < 1.29 is 34.3 Å². The number of morpholine rings is 1. The summed E-state index contributed by atoms with van der Waals surface area (Å²) >= 11 is 0. The van der Waals surface area contributed by atoms with Crippen LogP contribution in [0.5, 0.6) is 0 Å². The number of hydrogen-bond donors (Lipinski definition) is 3. The minimum absolute atomic E-state index is 0.0862. The molecule has 0 amide bonds. The van der Waals surface area contributed by atoms with E-state index in [2.05, 4.69) is 46.4 Å². The van der Waals surface area contributed by atoms with Crippen molar-refractivity contribution in [2.75, 3.05) is 32.9 Å². The van der Waals surface area contributed by atoms with Crippen molar-refractivity contribution >= 4 is 0 Å². The predicted octanol–water partition coefficient (Wildman–Crippen LogP) is 5.93. The van der Waals surface area contributed by atoms with Gasteiger partial charge >= 0.3 is 0 Å². The van der Waals surface area contributed by atoms with E-state index in [0.717, 1.165) is 58.6 Å². The maximum absolute atomic E-state index is 11.8. The van der Waals surface area contributed by atoms with Crippen molar-refractivity contribution in [1.82, 2.24) is 4.90 Å². The zero-order valence-corrected chi connectivity index (χ0v) is 31.5. The average molecular weight is 676 g/mol. The zero-order valence-electron chi connectivity index (χ0n) is 31.5. The van der Waals surface area contributed by atoms with Crippen LogP contribution in [0.25, 0.3) is 0 Å². The topological polar surface area (TPSA) is 101 Å². The summed E-state index contributed by atoms with van der Waals surface area (Å²) in [5.74, 6) is 1.17. The van der Waals surface area contributed by atoms with E-state index in [1.807, 2.05) is 0 Å². The quantitative estimate of drug-likeness (QED) is 0.291. The van der Waals surface area contributed by atoms with Gasteiger partial charge in [-0.2, -0.15) is 0 Å². The summed E-state index contributed by atoms with van der Waals surface area (Å²) in [5.41, 5.74) is -0.754. The second-order valence-electron chi connectivity index (χ2n) is 19.7. The molecule has 0 aromatic carbocycles. The maximum Gasteiger partial charge on any atom is 0.170 e. The van der Waals surface area contributed by atoms with Gasteiger partial charge in [0.1, 0.15) is 6.10 Å². The first-order chi connectivity index (χ1) is 22.5. The van der Waals surface area contributed by atoms with Gasteiger partial charge < -0.3 is 34.3 Å². The van der Waals surface area contributed by atoms with E-state index in [4.69, 9.17) is 18.9 Å². The first-order valence-electron chi connectivity index (χ1n) is 19.8. The molecule has 8 heteroatoms. The Morgan fingerprint density at radius 2 is 1.71 bits per heavy atom. The Kier molecular flexibility index (Phi) is 9.30. The van der Waals surface area contributed by atoms with E-state index in [9.17, 15) is 15.3 Å². The van der Waals surface area contributed by atoms with Crippen molar-refractivity contribution in [3.8, 4) is 0 Å². The van der Waals surface area contributed by atoms with Crippen LogP contribution in [0.2, 0.25) is 0 Å². The second-order valence-corrected chi connectivity index (χ2v) is 19.7. The third-order valence-corrected chi connectivity index (χ3v) is 16.4. The van der Waals surface area contributed by atoms with Gasteiger partial charge in [-0.05, 0) is 123 Å². The molecule has 276 valence electrons. The van der Waals surface area contributed by atoms with E-state index >= 15 is 0 Å². The highest BCUT2D eigenvalue weighted by atomic mass is 16.7. The van der Waals surface area contributed by atoms with Crippen molar-refractivity contribution in [2.45, 2.75) is 174 Å². The molecule has 0 bridgehead atoms. The highest BCUT2D eigenvalue weighted by molar-refractivity contribution is 5.24. The normalized spacial score (nSPS) is 48.3. The molecule has 0 aromatic heterocycles. The molecular weight excluding hydrogens is 606 g/mol. The summed E-state index contributed by atoms with van der Waals surface area (Å²) in [4.78, 5) is 2.60. The lowest BCUT2D eigenvalue weighted by atomic mass is 9.52. The maximum atomic E-state index is 11.8. The first-order valence-corrected chi connectivity index (χ1v) is 19.8. The van der Waals surface area contributed by atoms with Gasteiger partial charge in [-0.1, -0.05) is 48.0 Å². The highest BCUT2D eigenvalue weighted by Crippen LogP contribution is 2.82. The molecule has 7 fully saturated rings. The molecule has 4 saturated carbocycles. The van der Waals surface area contributed by atoms with Crippen molar-refractivity contribution in [1.29, 1.82) is 0 Å². The van der Waals surface area contributed by atoms with E-state index < -0.39 is 23.9 Å². The number of hydrogen-bond acceptors (Lipinski definition) is 8. The molecule has 12 unspecified atom stereocenters. The lowest BCUT2D eigenvalue weighted by Gasteiger charge is -2.55. The van der Waals surface area contributed by atoms with Gasteiger partial charge in [0.25, 0.3) is 0 Å². The van der Waals surface area contributed by atoms with E-state index in [0.29, 0.717) is 29.2 Å². The molecule has 3 N–H and O–H groups in total. The third-order valence-electron chi connectivity index (χ3n) is 16.4. The van der Waals surface area contributed by atoms with E-state index in [1.165, 1.54) is 38.5 Å². The third kappa shape index (κ3) is 5.59. The van der Waals surface area contributed by atoms with Gasteiger partial charge in [-0.25, -0.2) is 0 Å². The second kappa shape index (κ2) is 12.4. The average Bonchev–Trinajstić information content (AvgIpc) is 3.68. The van der Waals surface area contributed by atoms with E-state index in [1.54, 1.807) is 13.8 Å². The van der Waals surface area contributed by atoms with Crippen LogP contribution in [0, 0.1) is 44.8 Å². The minimum Gasteiger partial charge on any atom is -0.390 e. The Hall–Kier alpha value is -0.320. The van der Waals surface area contributed by atoms with Gasteiger partial charge in [0.15, 0.2) is 6.29 Å². The number of ether oxygens (including phenoxy) is 4. The SMILES string of the molecule is CC1CC(C(O)C(C)(C)O)OC2C(O)C(C)(C)C(C)(CCC34CCCC5C(C)(C)C(OC6CN(C7CCOCC7)CCO6)CCC53C4)C12. The molecule has 3 aliphatic heterocycles. The smallest absolute Gasteiger partial charge is 0.170 e.